The van der Waals surface area contributed by atoms with E-state index in [9.17, 15) is 29.7 Å². The topological polar surface area (TPSA) is 135 Å². The van der Waals surface area contributed by atoms with Gasteiger partial charge in [-0.15, -0.1) is 0 Å². The van der Waals surface area contributed by atoms with Crippen LogP contribution in [0.25, 0.3) is 0 Å². The first-order chi connectivity index (χ1) is 10.2. The fourth-order valence-electron chi connectivity index (χ4n) is 2.37. The van der Waals surface area contributed by atoms with Gasteiger partial charge in [0.05, 0.1) is 12.8 Å². The predicted octanol–water partition coefficient (Wildman–Crippen LogP) is -0.395. The SMILES string of the molecule is O=C(O)CC1(O)CC(=O)N(CCc2ccc(O)c(O)c2)C1=O. The zero-order valence-electron chi connectivity index (χ0n) is 11.5. The molecule has 1 aromatic rings. The van der Waals surface area contributed by atoms with E-state index in [1.807, 2.05) is 0 Å². The van der Waals surface area contributed by atoms with Gasteiger partial charge in [0.2, 0.25) is 5.91 Å². The second kappa shape index (κ2) is 5.64. The Balaban J connectivity index is 2.06. The number of carboxylic acid groups (broad SMARTS) is 1. The molecule has 1 fully saturated rings. The number of carbonyl (C=O) groups excluding carboxylic acids is 2. The molecule has 2 rings (SSSR count). The number of carboxylic acids is 1. The third-order valence-electron chi connectivity index (χ3n) is 3.50. The molecule has 0 saturated carbocycles. The summed E-state index contributed by atoms with van der Waals surface area (Å²) >= 11 is 0. The molecule has 22 heavy (non-hydrogen) atoms. The van der Waals surface area contributed by atoms with Crippen LogP contribution in [0.2, 0.25) is 0 Å². The molecule has 0 bridgehead atoms. The Morgan fingerprint density at radius 3 is 2.50 bits per heavy atom. The van der Waals surface area contributed by atoms with E-state index in [0.717, 1.165) is 4.90 Å². The first-order valence-corrected chi connectivity index (χ1v) is 6.53. The van der Waals surface area contributed by atoms with Crippen molar-refractivity contribution in [3.05, 3.63) is 23.8 Å². The lowest BCUT2D eigenvalue weighted by atomic mass is 9.98. The molecule has 0 aromatic heterocycles. The number of aromatic hydroxyl groups is 2. The van der Waals surface area contributed by atoms with Crippen molar-refractivity contribution in [2.75, 3.05) is 6.54 Å². The summed E-state index contributed by atoms with van der Waals surface area (Å²) in [6.07, 6.45) is -1.18. The van der Waals surface area contributed by atoms with Crippen LogP contribution < -0.4 is 0 Å². The van der Waals surface area contributed by atoms with Gasteiger partial charge in [-0.25, -0.2) is 0 Å². The molecule has 0 aliphatic carbocycles. The van der Waals surface area contributed by atoms with Crippen LogP contribution in [0.1, 0.15) is 18.4 Å². The Morgan fingerprint density at radius 2 is 1.91 bits per heavy atom. The van der Waals surface area contributed by atoms with Crippen molar-refractivity contribution >= 4 is 17.8 Å². The van der Waals surface area contributed by atoms with Gasteiger partial charge in [0.15, 0.2) is 17.1 Å². The van der Waals surface area contributed by atoms with Crippen LogP contribution in [0.3, 0.4) is 0 Å². The van der Waals surface area contributed by atoms with Crippen LogP contribution in [0.4, 0.5) is 0 Å². The van der Waals surface area contributed by atoms with Gasteiger partial charge in [-0.1, -0.05) is 6.07 Å². The number of likely N-dealkylation sites (tertiary alicyclic amines) is 1. The monoisotopic (exact) mass is 309 g/mol. The normalized spacial score (nSPS) is 21.4. The van der Waals surface area contributed by atoms with Gasteiger partial charge >= 0.3 is 5.97 Å². The molecule has 1 unspecified atom stereocenters. The van der Waals surface area contributed by atoms with Crippen molar-refractivity contribution in [2.24, 2.45) is 0 Å². The maximum atomic E-state index is 12.0. The summed E-state index contributed by atoms with van der Waals surface area (Å²) in [6.45, 7) is -0.0518. The molecule has 4 N–H and O–H groups in total. The molecule has 118 valence electrons. The highest BCUT2D eigenvalue weighted by molar-refractivity contribution is 6.08. The molecule has 0 radical (unpaired) electrons. The molecule has 2 amide bonds. The summed E-state index contributed by atoms with van der Waals surface area (Å²) in [4.78, 5) is 35.3. The standard InChI is InChI=1S/C14H15NO7/c16-9-2-1-8(5-10(9)17)3-4-15-11(18)6-14(22,13(15)21)7-12(19)20/h1-2,5,16-17,22H,3-4,6-7H2,(H,19,20). The second-order valence-electron chi connectivity index (χ2n) is 5.20. The van der Waals surface area contributed by atoms with E-state index in [1.165, 1.54) is 18.2 Å². The zero-order chi connectivity index (χ0) is 16.5. The Bertz CT molecular complexity index is 642. The van der Waals surface area contributed by atoms with Gasteiger partial charge in [0.1, 0.15) is 0 Å². The molecule has 1 aliphatic heterocycles. The van der Waals surface area contributed by atoms with E-state index in [1.54, 1.807) is 0 Å². The summed E-state index contributed by atoms with van der Waals surface area (Å²) in [7, 11) is 0. The average molecular weight is 309 g/mol. The lowest BCUT2D eigenvalue weighted by Gasteiger charge is -2.19. The molecular weight excluding hydrogens is 294 g/mol. The summed E-state index contributed by atoms with van der Waals surface area (Å²) in [6, 6.07) is 4.09. The molecule has 1 heterocycles. The maximum absolute atomic E-state index is 12.0. The van der Waals surface area contributed by atoms with E-state index >= 15 is 0 Å². The number of aliphatic carboxylic acids is 1. The van der Waals surface area contributed by atoms with E-state index in [2.05, 4.69) is 0 Å². The van der Waals surface area contributed by atoms with E-state index in [4.69, 9.17) is 5.11 Å². The van der Waals surface area contributed by atoms with E-state index in [-0.39, 0.29) is 24.5 Å². The molecule has 1 aliphatic rings. The van der Waals surface area contributed by atoms with Gasteiger partial charge in [-0.2, -0.15) is 0 Å². The molecule has 0 spiro atoms. The number of aliphatic hydroxyl groups is 1. The highest BCUT2D eigenvalue weighted by atomic mass is 16.4. The number of imide groups is 1. The highest BCUT2D eigenvalue weighted by Gasteiger charge is 2.51. The maximum Gasteiger partial charge on any atom is 0.306 e. The van der Waals surface area contributed by atoms with Gasteiger partial charge in [0, 0.05) is 6.54 Å². The third kappa shape index (κ3) is 3.01. The Hall–Kier alpha value is -2.61. The molecule has 1 aromatic carbocycles. The molecule has 1 saturated heterocycles. The number of hydrogen-bond donors (Lipinski definition) is 4. The third-order valence-corrected chi connectivity index (χ3v) is 3.50. The minimum Gasteiger partial charge on any atom is -0.504 e. The lowest BCUT2D eigenvalue weighted by Crippen LogP contribution is -2.42. The zero-order valence-corrected chi connectivity index (χ0v) is 11.5. The van der Waals surface area contributed by atoms with Crippen LogP contribution in [0.15, 0.2) is 18.2 Å². The van der Waals surface area contributed by atoms with Crippen molar-refractivity contribution in [1.29, 1.82) is 0 Å². The van der Waals surface area contributed by atoms with Crippen LogP contribution in [-0.2, 0) is 20.8 Å². The quantitative estimate of drug-likeness (QED) is 0.429. The highest BCUT2D eigenvalue weighted by Crippen LogP contribution is 2.29. The van der Waals surface area contributed by atoms with Crippen molar-refractivity contribution < 1.29 is 34.8 Å². The number of rotatable bonds is 5. The number of nitrogens with zero attached hydrogens (tertiary/aromatic N) is 1. The summed E-state index contributed by atoms with van der Waals surface area (Å²) in [5.74, 6) is -3.54. The van der Waals surface area contributed by atoms with E-state index < -0.39 is 36.2 Å². The van der Waals surface area contributed by atoms with Crippen molar-refractivity contribution in [2.45, 2.75) is 24.9 Å². The molecular formula is C14H15NO7. The fourth-order valence-corrected chi connectivity index (χ4v) is 2.37. The second-order valence-corrected chi connectivity index (χ2v) is 5.20. The average Bonchev–Trinajstić information content (AvgIpc) is 2.61. The minimum absolute atomic E-state index is 0.0518. The van der Waals surface area contributed by atoms with Crippen LogP contribution >= 0.6 is 0 Å². The van der Waals surface area contributed by atoms with Crippen LogP contribution in [0.5, 0.6) is 11.5 Å². The number of carbonyl (C=O) groups is 3. The van der Waals surface area contributed by atoms with E-state index in [0.29, 0.717) is 5.56 Å². The number of phenols is 2. The van der Waals surface area contributed by atoms with Crippen molar-refractivity contribution in [3.63, 3.8) is 0 Å². The number of hydrogen-bond acceptors (Lipinski definition) is 6. The fraction of sp³-hybridized carbons (Fsp3) is 0.357. The summed E-state index contributed by atoms with van der Waals surface area (Å²) < 4.78 is 0. The smallest absolute Gasteiger partial charge is 0.306 e. The first-order valence-electron chi connectivity index (χ1n) is 6.53. The number of amides is 2. The molecule has 1 atom stereocenters. The number of phenolic OH excluding ortho intramolecular Hbond substituents is 2. The Labute approximate surface area is 125 Å². The van der Waals surface area contributed by atoms with Gasteiger partial charge in [0.25, 0.3) is 5.91 Å². The Kier molecular flexibility index (Phi) is 4.05. The molecule has 8 heteroatoms. The van der Waals surface area contributed by atoms with Crippen molar-refractivity contribution in [3.8, 4) is 11.5 Å². The summed E-state index contributed by atoms with van der Waals surface area (Å²) in [5, 5.41) is 37.3. The predicted molar refractivity (Wildman–Crippen MR) is 72.0 cm³/mol. The van der Waals surface area contributed by atoms with Gasteiger partial charge in [-0.05, 0) is 24.1 Å². The summed E-state index contributed by atoms with van der Waals surface area (Å²) in [5.41, 5.74) is -1.62. The van der Waals surface area contributed by atoms with Crippen LogP contribution in [-0.4, -0.2) is 55.3 Å². The van der Waals surface area contributed by atoms with Crippen molar-refractivity contribution in [1.82, 2.24) is 4.90 Å². The van der Waals surface area contributed by atoms with Gasteiger partial charge < -0.3 is 20.4 Å². The minimum atomic E-state index is -2.19. The van der Waals surface area contributed by atoms with Gasteiger partial charge in [-0.3, -0.25) is 19.3 Å². The van der Waals surface area contributed by atoms with Crippen LogP contribution in [0, 0.1) is 0 Å². The Morgan fingerprint density at radius 1 is 1.23 bits per heavy atom. The number of benzene rings is 1. The first kappa shape index (κ1) is 15.8. The largest absolute Gasteiger partial charge is 0.504 e. The lowest BCUT2D eigenvalue weighted by molar-refractivity contribution is -0.153. The molecule has 8 nitrogen and oxygen atoms in total.